The van der Waals surface area contributed by atoms with E-state index in [1.54, 1.807) is 24.3 Å². The standard InChI is InChI=1S/C32H23ClN2O2/c1-19-7-6-8-22(17-19)34-18-32-21-15-13-20(14-16-21)27(23-9-2-3-10-24(23)32)28-29(32)31(37)35(30(28)36)26-12-5-4-11-25(26)33/h2-18,27-29H,1H3/t27-,28+,29+,32+/m0/s1. The van der Waals surface area contributed by atoms with Gasteiger partial charge in [-0.1, -0.05) is 84.4 Å². The molecule has 0 aromatic heterocycles. The summed E-state index contributed by atoms with van der Waals surface area (Å²) in [6.07, 6.45) is 1.91. The average Bonchev–Trinajstić information content (AvgIpc) is 3.15. The highest BCUT2D eigenvalue weighted by molar-refractivity contribution is 6.36. The molecule has 4 aromatic rings. The van der Waals surface area contributed by atoms with Crippen LogP contribution < -0.4 is 4.90 Å². The van der Waals surface area contributed by atoms with Crippen LogP contribution in [0.15, 0.2) is 102 Å². The summed E-state index contributed by atoms with van der Waals surface area (Å²) < 4.78 is 0. The summed E-state index contributed by atoms with van der Waals surface area (Å²) in [5, 5.41) is 0.380. The molecule has 1 saturated heterocycles. The van der Waals surface area contributed by atoms with Gasteiger partial charge in [0.15, 0.2) is 0 Å². The van der Waals surface area contributed by atoms with Crippen LogP contribution >= 0.6 is 11.6 Å². The van der Waals surface area contributed by atoms with Gasteiger partial charge in [0.25, 0.3) is 0 Å². The minimum Gasteiger partial charge on any atom is -0.274 e. The number of hydrogen-bond donors (Lipinski definition) is 0. The predicted octanol–water partition coefficient (Wildman–Crippen LogP) is 6.60. The molecule has 4 aromatic carbocycles. The Morgan fingerprint density at radius 3 is 2.41 bits per heavy atom. The zero-order chi connectivity index (χ0) is 25.3. The third kappa shape index (κ3) is 2.99. The zero-order valence-corrected chi connectivity index (χ0v) is 20.9. The Morgan fingerprint density at radius 1 is 0.865 bits per heavy atom. The van der Waals surface area contributed by atoms with Crippen LogP contribution in [0.5, 0.6) is 0 Å². The lowest BCUT2D eigenvalue weighted by atomic mass is 9.52. The van der Waals surface area contributed by atoms with Gasteiger partial charge in [-0.15, -0.1) is 0 Å². The van der Waals surface area contributed by atoms with Gasteiger partial charge in [0.05, 0.1) is 33.6 Å². The largest absolute Gasteiger partial charge is 0.274 e. The molecule has 180 valence electrons. The van der Waals surface area contributed by atoms with Gasteiger partial charge in [-0.05, 0) is 59.0 Å². The molecule has 1 heterocycles. The van der Waals surface area contributed by atoms with Gasteiger partial charge in [0.1, 0.15) is 0 Å². The van der Waals surface area contributed by atoms with E-state index in [9.17, 15) is 9.59 Å². The maximum absolute atomic E-state index is 14.4. The Morgan fingerprint density at radius 2 is 1.62 bits per heavy atom. The predicted molar refractivity (Wildman–Crippen MR) is 146 cm³/mol. The molecule has 5 aliphatic carbocycles. The Kier molecular flexibility index (Phi) is 4.79. The first-order valence-electron chi connectivity index (χ1n) is 12.4. The first-order valence-corrected chi connectivity index (χ1v) is 12.8. The van der Waals surface area contributed by atoms with Crippen molar-refractivity contribution in [2.75, 3.05) is 4.90 Å². The lowest BCUT2D eigenvalue weighted by Gasteiger charge is -2.48. The van der Waals surface area contributed by atoms with Crippen LogP contribution in [0.1, 0.15) is 33.7 Å². The second-order valence-electron chi connectivity index (χ2n) is 10.1. The van der Waals surface area contributed by atoms with E-state index in [2.05, 4.69) is 36.4 Å². The molecule has 0 unspecified atom stereocenters. The van der Waals surface area contributed by atoms with Gasteiger partial charge in [-0.3, -0.25) is 14.6 Å². The summed E-state index contributed by atoms with van der Waals surface area (Å²) in [6, 6.07) is 31.6. The van der Waals surface area contributed by atoms with Crippen molar-refractivity contribution in [3.05, 3.63) is 130 Å². The summed E-state index contributed by atoms with van der Waals surface area (Å²) in [4.78, 5) is 34.9. The quantitative estimate of drug-likeness (QED) is 0.234. The molecule has 4 atom stereocenters. The third-order valence-corrected chi connectivity index (χ3v) is 8.52. The van der Waals surface area contributed by atoms with Crippen molar-refractivity contribution in [2.45, 2.75) is 18.3 Å². The number of hydrogen-bond acceptors (Lipinski definition) is 3. The van der Waals surface area contributed by atoms with Gasteiger partial charge in [0, 0.05) is 12.1 Å². The normalized spacial score (nSPS) is 25.4. The number of imide groups is 1. The van der Waals surface area contributed by atoms with Crippen LogP contribution in [0.3, 0.4) is 0 Å². The molecule has 0 N–H and O–H groups in total. The maximum atomic E-state index is 14.4. The van der Waals surface area contributed by atoms with Crippen molar-refractivity contribution in [3.8, 4) is 0 Å². The van der Waals surface area contributed by atoms with E-state index >= 15 is 0 Å². The first kappa shape index (κ1) is 22.2. The number of aryl methyl sites for hydroxylation is 1. The fraction of sp³-hybridized carbons (Fsp3) is 0.156. The van der Waals surface area contributed by atoms with Gasteiger partial charge < -0.3 is 0 Å². The fourth-order valence-electron chi connectivity index (χ4n) is 6.68. The smallest absolute Gasteiger partial charge is 0.239 e. The minimum absolute atomic E-state index is 0.210. The highest BCUT2D eigenvalue weighted by atomic mass is 35.5. The highest BCUT2D eigenvalue weighted by Crippen LogP contribution is 2.60. The number of rotatable bonds is 3. The Hall–Kier alpha value is -4.02. The van der Waals surface area contributed by atoms with E-state index in [4.69, 9.17) is 16.6 Å². The summed E-state index contributed by atoms with van der Waals surface area (Å²) in [6.45, 7) is 2.03. The second kappa shape index (κ2) is 7.99. The summed E-state index contributed by atoms with van der Waals surface area (Å²) in [5.74, 6) is -1.90. The zero-order valence-electron chi connectivity index (χ0n) is 20.1. The molecule has 0 radical (unpaired) electrons. The summed E-state index contributed by atoms with van der Waals surface area (Å²) in [7, 11) is 0. The molecular formula is C32H23ClN2O2. The van der Waals surface area contributed by atoms with Crippen molar-refractivity contribution < 1.29 is 9.59 Å². The molecule has 6 aliphatic rings. The van der Waals surface area contributed by atoms with Crippen LogP contribution in [-0.4, -0.2) is 18.0 Å². The fourth-order valence-corrected chi connectivity index (χ4v) is 6.90. The lowest BCUT2D eigenvalue weighted by Crippen LogP contribution is -2.51. The average molecular weight is 503 g/mol. The van der Waals surface area contributed by atoms with Crippen molar-refractivity contribution in [1.29, 1.82) is 0 Å². The third-order valence-electron chi connectivity index (χ3n) is 8.20. The second-order valence-corrected chi connectivity index (χ2v) is 10.5. The molecule has 2 amide bonds. The number of anilines is 1. The van der Waals surface area contributed by atoms with E-state index < -0.39 is 17.3 Å². The van der Waals surface area contributed by atoms with E-state index in [1.165, 1.54) is 4.90 Å². The molecule has 1 fully saturated rings. The minimum atomic E-state index is -0.913. The van der Waals surface area contributed by atoms with Gasteiger partial charge in [-0.25, -0.2) is 4.90 Å². The number of para-hydroxylation sites is 1. The monoisotopic (exact) mass is 502 g/mol. The van der Waals surface area contributed by atoms with Crippen molar-refractivity contribution >= 4 is 41.0 Å². The first-order chi connectivity index (χ1) is 18.0. The number of halogens is 1. The maximum Gasteiger partial charge on any atom is 0.239 e. The van der Waals surface area contributed by atoms with Crippen LogP contribution in [0, 0.1) is 18.8 Å². The SMILES string of the molecule is Cc1cccc(N=C[C@@]23c4ccc(cc4)[C@@H](c4ccccc42)[C@H]2C(=O)N(c4ccccc4Cl)C(=O)[C@@H]23)c1. The number of aliphatic imine (C=N–C) groups is 1. The van der Waals surface area contributed by atoms with Crippen molar-refractivity contribution in [2.24, 2.45) is 16.8 Å². The molecule has 1 aliphatic heterocycles. The van der Waals surface area contributed by atoms with E-state index in [0.29, 0.717) is 10.7 Å². The molecule has 4 bridgehead atoms. The van der Waals surface area contributed by atoms with Crippen molar-refractivity contribution in [1.82, 2.24) is 0 Å². The van der Waals surface area contributed by atoms with Crippen LogP contribution in [0.2, 0.25) is 5.02 Å². The number of carbonyl (C=O) groups is 2. The summed E-state index contributed by atoms with van der Waals surface area (Å²) >= 11 is 6.53. The molecule has 0 spiro atoms. The number of nitrogens with zero attached hydrogens (tertiary/aromatic N) is 2. The highest BCUT2D eigenvalue weighted by Gasteiger charge is 2.65. The molecule has 5 heteroatoms. The van der Waals surface area contributed by atoms with E-state index in [-0.39, 0.29) is 17.7 Å². The molecule has 37 heavy (non-hydrogen) atoms. The number of amides is 2. The number of benzene rings is 4. The Labute approximate surface area is 220 Å². The molecular weight excluding hydrogens is 480 g/mol. The Bertz CT molecular complexity index is 1630. The van der Waals surface area contributed by atoms with Crippen LogP contribution in [0.25, 0.3) is 0 Å². The topological polar surface area (TPSA) is 49.7 Å². The van der Waals surface area contributed by atoms with E-state index in [0.717, 1.165) is 33.5 Å². The lowest BCUT2D eigenvalue weighted by molar-refractivity contribution is -0.122. The van der Waals surface area contributed by atoms with Gasteiger partial charge in [-0.2, -0.15) is 0 Å². The molecule has 10 rings (SSSR count). The number of carbonyl (C=O) groups excluding carboxylic acids is 2. The van der Waals surface area contributed by atoms with Crippen LogP contribution in [0.4, 0.5) is 11.4 Å². The van der Waals surface area contributed by atoms with Gasteiger partial charge >= 0.3 is 0 Å². The van der Waals surface area contributed by atoms with Crippen molar-refractivity contribution in [3.63, 3.8) is 0 Å². The van der Waals surface area contributed by atoms with Gasteiger partial charge in [0.2, 0.25) is 11.8 Å². The van der Waals surface area contributed by atoms with E-state index in [1.807, 2.05) is 49.5 Å². The van der Waals surface area contributed by atoms with Crippen LogP contribution in [-0.2, 0) is 15.0 Å². The molecule has 0 saturated carbocycles. The Balaban J connectivity index is 1.53. The summed E-state index contributed by atoms with van der Waals surface area (Å²) in [5.41, 5.74) is 5.53. The molecule has 4 nitrogen and oxygen atoms in total.